The third-order valence-corrected chi connectivity index (χ3v) is 11.7. The van der Waals surface area contributed by atoms with Crippen LogP contribution in [0.3, 0.4) is 0 Å². The van der Waals surface area contributed by atoms with Crippen molar-refractivity contribution < 1.29 is 27.2 Å². The lowest BCUT2D eigenvalue weighted by atomic mass is 10.1. The lowest BCUT2D eigenvalue weighted by molar-refractivity contribution is 0.193. The Kier molecular flexibility index (Phi) is 10.2. The molecule has 2 aromatic heterocycles. The SMILES string of the molecule is CCOP(=O)(OCC)C(CCc1cc(C)nc2c(C#N)c(-c3ccccc3)nn12)P(=O)(OCC)OCC. The molecule has 0 bridgehead atoms. The molecule has 12 heteroatoms. The van der Waals surface area contributed by atoms with E-state index in [2.05, 4.69) is 11.1 Å². The van der Waals surface area contributed by atoms with E-state index in [1.807, 2.05) is 43.3 Å². The van der Waals surface area contributed by atoms with Crippen molar-refractivity contribution in [3.63, 3.8) is 0 Å². The van der Waals surface area contributed by atoms with Gasteiger partial charge in [-0.1, -0.05) is 30.3 Å². The predicted molar refractivity (Wildman–Crippen MR) is 142 cm³/mol. The average molecular weight is 549 g/mol. The fourth-order valence-electron chi connectivity index (χ4n) is 4.20. The van der Waals surface area contributed by atoms with Gasteiger partial charge in [0.25, 0.3) is 0 Å². The molecule has 0 saturated heterocycles. The van der Waals surface area contributed by atoms with Gasteiger partial charge in [-0.05, 0) is 53.5 Å². The highest BCUT2D eigenvalue weighted by molar-refractivity contribution is 7.72. The van der Waals surface area contributed by atoms with Crippen molar-refractivity contribution in [2.75, 3.05) is 26.4 Å². The number of nitrogens with zero attached hydrogens (tertiary/aromatic N) is 4. The van der Waals surface area contributed by atoms with E-state index in [1.54, 1.807) is 32.2 Å². The zero-order valence-corrected chi connectivity index (χ0v) is 23.7. The molecule has 37 heavy (non-hydrogen) atoms. The van der Waals surface area contributed by atoms with Gasteiger partial charge in [-0.2, -0.15) is 10.4 Å². The van der Waals surface area contributed by atoms with Crippen molar-refractivity contribution in [3.05, 3.63) is 53.3 Å². The molecule has 200 valence electrons. The second kappa shape index (κ2) is 12.9. The third-order valence-electron chi connectivity index (χ3n) is 5.57. The highest BCUT2D eigenvalue weighted by Crippen LogP contribution is 2.71. The smallest absolute Gasteiger partial charge is 0.308 e. The van der Waals surface area contributed by atoms with Crippen LogP contribution in [0.4, 0.5) is 0 Å². The van der Waals surface area contributed by atoms with E-state index in [1.165, 1.54) is 0 Å². The number of nitriles is 1. The summed E-state index contributed by atoms with van der Waals surface area (Å²) in [6.45, 7) is 9.04. The summed E-state index contributed by atoms with van der Waals surface area (Å²) in [4.78, 5) is 4.57. The van der Waals surface area contributed by atoms with Crippen LogP contribution in [-0.2, 0) is 33.6 Å². The third kappa shape index (κ3) is 6.38. The Morgan fingerprint density at radius 2 is 1.49 bits per heavy atom. The molecule has 3 rings (SSSR count). The molecule has 3 aromatic rings. The number of hydrogen-bond acceptors (Lipinski definition) is 9. The minimum absolute atomic E-state index is 0.107. The Morgan fingerprint density at radius 1 is 0.946 bits per heavy atom. The molecule has 0 aliphatic carbocycles. The van der Waals surface area contributed by atoms with Gasteiger partial charge in [-0.3, -0.25) is 9.13 Å². The van der Waals surface area contributed by atoms with Crippen LogP contribution in [0.5, 0.6) is 0 Å². The van der Waals surface area contributed by atoms with Crippen LogP contribution in [0.1, 0.15) is 51.1 Å². The molecule has 0 saturated carbocycles. The Morgan fingerprint density at radius 3 is 1.97 bits per heavy atom. The molecule has 2 heterocycles. The van der Waals surface area contributed by atoms with E-state index in [-0.39, 0.29) is 39.3 Å². The van der Waals surface area contributed by atoms with E-state index in [0.29, 0.717) is 28.3 Å². The summed E-state index contributed by atoms with van der Waals surface area (Å²) in [5.74, 6) is 0. The number of benzene rings is 1. The van der Waals surface area contributed by atoms with Gasteiger partial charge in [0, 0.05) is 17.0 Å². The minimum atomic E-state index is -3.89. The van der Waals surface area contributed by atoms with Crippen molar-refractivity contribution in [2.24, 2.45) is 0 Å². The van der Waals surface area contributed by atoms with Crippen molar-refractivity contribution in [2.45, 2.75) is 52.9 Å². The van der Waals surface area contributed by atoms with Crippen molar-refractivity contribution in [1.29, 1.82) is 5.26 Å². The second-order valence-electron chi connectivity index (χ2n) is 8.10. The van der Waals surface area contributed by atoms with Gasteiger partial charge in [0.2, 0.25) is 0 Å². The summed E-state index contributed by atoms with van der Waals surface area (Å²) < 4.78 is 51.8. The van der Waals surface area contributed by atoms with Crippen LogP contribution in [0.25, 0.3) is 16.9 Å². The number of aromatic nitrogens is 3. The van der Waals surface area contributed by atoms with Crippen molar-refractivity contribution in [3.8, 4) is 17.3 Å². The fraction of sp³-hybridized carbons (Fsp3) is 0.480. The molecule has 0 fully saturated rings. The number of fused-ring (bicyclic) bond motifs is 1. The van der Waals surface area contributed by atoms with E-state index >= 15 is 0 Å². The maximum absolute atomic E-state index is 13.9. The molecular formula is C25H34N4O6P2. The summed E-state index contributed by atoms with van der Waals surface area (Å²) in [5, 5.41) is 13.5. The van der Waals surface area contributed by atoms with Crippen molar-refractivity contribution >= 4 is 20.8 Å². The first-order valence-corrected chi connectivity index (χ1v) is 15.6. The number of hydrogen-bond donors (Lipinski definition) is 0. The van der Waals surface area contributed by atoms with E-state index in [4.69, 9.17) is 23.2 Å². The molecule has 0 radical (unpaired) electrons. The highest BCUT2D eigenvalue weighted by Gasteiger charge is 2.50. The molecule has 0 amide bonds. The number of rotatable bonds is 14. The lowest BCUT2D eigenvalue weighted by Crippen LogP contribution is -2.19. The van der Waals surface area contributed by atoms with Gasteiger partial charge in [-0.15, -0.1) is 0 Å². The standard InChI is InChI=1S/C25H34N4O6P2/c1-6-32-36(30,33-7-2)23(37(31,34-8-3)35-9-4)16-15-21-17-19(5)27-25-22(18-26)24(28-29(21)25)20-13-11-10-12-14-20/h10-14,17,23H,6-9,15-16H2,1-5H3. The number of aryl methyl sites for hydroxylation is 2. The Labute approximate surface area is 218 Å². The lowest BCUT2D eigenvalue weighted by Gasteiger charge is -2.31. The van der Waals surface area contributed by atoms with Crippen LogP contribution in [0.15, 0.2) is 36.4 Å². The molecule has 1 aromatic carbocycles. The van der Waals surface area contributed by atoms with E-state index in [9.17, 15) is 14.4 Å². The van der Waals surface area contributed by atoms with E-state index in [0.717, 1.165) is 5.56 Å². The normalized spacial score (nSPS) is 12.4. The van der Waals surface area contributed by atoms with Crippen LogP contribution in [0, 0.1) is 18.3 Å². The van der Waals surface area contributed by atoms with Gasteiger partial charge in [0.1, 0.15) is 17.3 Å². The zero-order valence-electron chi connectivity index (χ0n) is 21.9. The molecule has 0 spiro atoms. The fourth-order valence-corrected chi connectivity index (χ4v) is 9.55. The summed E-state index contributed by atoms with van der Waals surface area (Å²) >= 11 is 0. The van der Waals surface area contributed by atoms with Gasteiger partial charge in [0.15, 0.2) is 11.0 Å². The van der Waals surface area contributed by atoms with Crippen LogP contribution < -0.4 is 0 Å². The maximum atomic E-state index is 13.9. The molecule has 0 aliphatic rings. The molecule has 0 N–H and O–H groups in total. The first-order valence-electron chi connectivity index (χ1n) is 12.4. The largest absolute Gasteiger partial charge is 0.345 e. The maximum Gasteiger partial charge on any atom is 0.345 e. The van der Waals surface area contributed by atoms with Gasteiger partial charge in [-0.25, -0.2) is 9.50 Å². The molecule has 10 nitrogen and oxygen atoms in total. The topological polar surface area (TPSA) is 125 Å². The molecule has 0 atom stereocenters. The zero-order chi connectivity index (χ0) is 27.1. The quantitative estimate of drug-likeness (QED) is 0.211. The summed E-state index contributed by atoms with van der Waals surface area (Å²) in [5.41, 5.74) is 3.47. The summed E-state index contributed by atoms with van der Waals surface area (Å²) in [6.07, 6.45) is 0.384. The van der Waals surface area contributed by atoms with Crippen LogP contribution in [-0.4, -0.2) is 46.4 Å². The Bertz CT molecular complexity index is 1290. The first kappa shape index (κ1) is 29.2. The van der Waals surface area contributed by atoms with Gasteiger partial charge < -0.3 is 18.1 Å². The van der Waals surface area contributed by atoms with Gasteiger partial charge >= 0.3 is 15.2 Å². The Hall–Kier alpha value is -2.37. The first-order chi connectivity index (χ1) is 17.8. The van der Waals surface area contributed by atoms with Gasteiger partial charge in [0.05, 0.1) is 26.4 Å². The van der Waals surface area contributed by atoms with Crippen LogP contribution in [0.2, 0.25) is 0 Å². The molecule has 0 unspecified atom stereocenters. The predicted octanol–water partition coefficient (Wildman–Crippen LogP) is 6.37. The van der Waals surface area contributed by atoms with Crippen LogP contribution >= 0.6 is 15.2 Å². The van der Waals surface area contributed by atoms with Crippen molar-refractivity contribution in [1.82, 2.24) is 14.6 Å². The molecule has 0 aliphatic heterocycles. The summed E-state index contributed by atoms with van der Waals surface area (Å²) in [7, 11) is -7.78. The summed E-state index contributed by atoms with van der Waals surface area (Å²) in [6, 6.07) is 13.5. The molecular weight excluding hydrogens is 514 g/mol. The highest BCUT2D eigenvalue weighted by atomic mass is 31.2. The second-order valence-corrected chi connectivity index (χ2v) is 12.9. The minimum Gasteiger partial charge on any atom is -0.308 e. The van der Waals surface area contributed by atoms with E-state index < -0.39 is 20.6 Å². The average Bonchev–Trinajstić information content (AvgIpc) is 3.23. The monoisotopic (exact) mass is 548 g/mol. The Balaban J connectivity index is 2.11.